The third-order valence-electron chi connectivity index (χ3n) is 6.38. The van der Waals surface area contributed by atoms with E-state index in [9.17, 15) is 9.90 Å². The summed E-state index contributed by atoms with van der Waals surface area (Å²) >= 11 is 6.10. The van der Waals surface area contributed by atoms with Gasteiger partial charge < -0.3 is 0 Å². The van der Waals surface area contributed by atoms with E-state index in [1.54, 1.807) is 11.3 Å². The van der Waals surface area contributed by atoms with Crippen LogP contribution < -0.4 is 15.9 Å². The Labute approximate surface area is 211 Å². The summed E-state index contributed by atoms with van der Waals surface area (Å²) in [5.41, 5.74) is 1.22. The summed E-state index contributed by atoms with van der Waals surface area (Å²) in [5.74, 6) is -0.800. The topological polar surface area (TPSA) is 37.3 Å². The monoisotopic (exact) mass is 546 g/mol. The molecule has 0 fully saturated rings. The van der Waals surface area contributed by atoms with Crippen molar-refractivity contribution in [3.8, 4) is 0 Å². The van der Waals surface area contributed by atoms with E-state index in [1.807, 2.05) is 0 Å². The number of benzene rings is 4. The van der Waals surface area contributed by atoms with E-state index in [1.165, 1.54) is 21.5 Å². The molecule has 0 spiro atoms. The molecule has 0 amide bonds. The van der Waals surface area contributed by atoms with Crippen LogP contribution in [-0.2, 0) is 17.4 Å². The van der Waals surface area contributed by atoms with Crippen LogP contribution in [0, 0.1) is 0 Å². The molecule has 5 heteroatoms. The van der Waals surface area contributed by atoms with Crippen LogP contribution in [-0.4, -0.2) is 11.1 Å². The van der Waals surface area contributed by atoms with Gasteiger partial charge in [-0.3, -0.25) is 0 Å². The summed E-state index contributed by atoms with van der Waals surface area (Å²) in [6.07, 6.45) is 0.830. The van der Waals surface area contributed by atoms with Crippen LogP contribution in [0.1, 0.15) is 10.4 Å². The molecule has 170 valence electrons. The van der Waals surface area contributed by atoms with Gasteiger partial charge in [-0.15, -0.1) is 0 Å². The average molecular weight is 547 g/mol. The van der Waals surface area contributed by atoms with Crippen molar-refractivity contribution in [2.45, 2.75) is 12.6 Å². The van der Waals surface area contributed by atoms with E-state index in [0.717, 1.165) is 21.1 Å². The van der Waals surface area contributed by atoms with Crippen molar-refractivity contribution in [3.05, 3.63) is 126 Å². The van der Waals surface area contributed by atoms with Gasteiger partial charge in [-0.2, -0.15) is 0 Å². The maximum atomic E-state index is 11.4. The normalized spacial score (nSPS) is 12.8. The average Bonchev–Trinajstić information content (AvgIpc) is 3.28. The second kappa shape index (κ2) is 9.11. The second-order valence-corrected chi connectivity index (χ2v) is 18.6. The van der Waals surface area contributed by atoms with Crippen LogP contribution in [0.5, 0.6) is 0 Å². The van der Waals surface area contributed by atoms with Crippen molar-refractivity contribution in [3.63, 3.8) is 0 Å². The molecule has 0 atom stereocenters. The Balaban J connectivity index is 1.82. The first-order valence-corrected chi connectivity index (χ1v) is 16.4. The maximum absolute atomic E-state index is 11.4. The Morgan fingerprint density at radius 2 is 1.24 bits per heavy atom. The standard InChI is InChI=1S/C29H24BrO2PS/c30-33(23-12-4-1-5-13-23,24-14-6-2-7-15-24,25-16-8-3-9-17-25)21-22-11-10-18-28-27(22)19-26(34-28)20-29(31)32/h1-19H,20-21H2,(H,31,32). The van der Waals surface area contributed by atoms with E-state index in [2.05, 4.69) is 131 Å². The number of carboxylic acids is 1. The Bertz CT molecular complexity index is 1350. The van der Waals surface area contributed by atoms with Gasteiger partial charge in [-0.1, -0.05) is 0 Å². The first-order valence-electron chi connectivity index (χ1n) is 11.1. The Morgan fingerprint density at radius 3 is 1.71 bits per heavy atom. The van der Waals surface area contributed by atoms with E-state index in [4.69, 9.17) is 0 Å². The number of rotatable bonds is 7. The van der Waals surface area contributed by atoms with Gasteiger partial charge in [0.2, 0.25) is 0 Å². The second-order valence-electron chi connectivity index (χ2n) is 8.46. The predicted molar refractivity (Wildman–Crippen MR) is 151 cm³/mol. The molecule has 0 bridgehead atoms. The van der Waals surface area contributed by atoms with E-state index in [0.29, 0.717) is 0 Å². The number of aliphatic carboxylic acids is 1. The molecule has 0 aliphatic carbocycles. The summed E-state index contributed by atoms with van der Waals surface area (Å²) in [6.45, 7) is 0. The van der Waals surface area contributed by atoms with E-state index >= 15 is 0 Å². The molecule has 4 aromatic carbocycles. The van der Waals surface area contributed by atoms with Crippen molar-refractivity contribution in [1.29, 1.82) is 0 Å². The van der Waals surface area contributed by atoms with Crippen LogP contribution in [0.15, 0.2) is 115 Å². The Morgan fingerprint density at radius 1 is 0.735 bits per heavy atom. The number of hydrogen-bond acceptors (Lipinski definition) is 2. The molecule has 0 aliphatic heterocycles. The molecule has 0 aliphatic rings. The molecule has 0 radical (unpaired) electrons. The Hall–Kier alpha value is -2.78. The predicted octanol–water partition coefficient (Wildman–Crippen LogP) is 6.87. The molecule has 2 nitrogen and oxygen atoms in total. The third kappa shape index (κ3) is 3.90. The number of hydrogen-bond donors (Lipinski definition) is 1. The SMILES string of the molecule is O=C(O)Cc1cc2c(CP(Br)(c3ccccc3)(c3ccccc3)c3ccccc3)cccc2s1. The molecule has 1 N–H and O–H groups in total. The first-order chi connectivity index (χ1) is 16.5. The number of fused-ring (bicyclic) bond motifs is 1. The molecular weight excluding hydrogens is 523 g/mol. The van der Waals surface area contributed by atoms with Crippen molar-refractivity contribution < 1.29 is 9.90 Å². The van der Waals surface area contributed by atoms with Gasteiger partial charge in [0.15, 0.2) is 0 Å². The fraction of sp³-hybridized carbons (Fsp3) is 0.0690. The summed E-state index contributed by atoms with van der Waals surface area (Å²) < 4.78 is 1.13. The van der Waals surface area contributed by atoms with Gasteiger partial charge in [0.25, 0.3) is 0 Å². The van der Waals surface area contributed by atoms with Crippen molar-refractivity contribution in [2.75, 3.05) is 0 Å². The van der Waals surface area contributed by atoms with E-state index < -0.39 is 11.3 Å². The molecule has 5 rings (SSSR count). The molecule has 0 saturated carbocycles. The molecule has 34 heavy (non-hydrogen) atoms. The van der Waals surface area contributed by atoms with Gasteiger partial charge in [0.1, 0.15) is 0 Å². The van der Waals surface area contributed by atoms with Crippen molar-refractivity contribution in [2.24, 2.45) is 0 Å². The molecular formula is C29H24BrO2PS. The number of thiophene rings is 1. The van der Waals surface area contributed by atoms with Crippen molar-refractivity contribution >= 4 is 64.1 Å². The number of carbonyl (C=O) groups is 1. The minimum atomic E-state index is -3.13. The van der Waals surface area contributed by atoms with Crippen LogP contribution in [0.4, 0.5) is 0 Å². The van der Waals surface area contributed by atoms with Gasteiger partial charge in [-0.05, 0) is 0 Å². The molecule has 0 unspecified atom stereocenters. The zero-order valence-electron chi connectivity index (χ0n) is 18.5. The zero-order valence-corrected chi connectivity index (χ0v) is 21.8. The summed E-state index contributed by atoms with van der Waals surface area (Å²) in [4.78, 5) is 12.2. The molecule has 1 heterocycles. The van der Waals surface area contributed by atoms with Crippen molar-refractivity contribution in [1.82, 2.24) is 0 Å². The van der Waals surface area contributed by atoms with Gasteiger partial charge >= 0.3 is 212 Å². The molecule has 5 aromatic rings. The summed E-state index contributed by atoms with van der Waals surface area (Å²) in [6, 6.07) is 40.7. The quantitative estimate of drug-likeness (QED) is 0.226. The fourth-order valence-electron chi connectivity index (χ4n) is 4.81. The van der Waals surface area contributed by atoms with Gasteiger partial charge in [0, 0.05) is 0 Å². The first kappa shape index (κ1) is 23.0. The zero-order chi connectivity index (χ0) is 23.6. The summed E-state index contributed by atoms with van der Waals surface area (Å²) in [7, 11) is 0. The van der Waals surface area contributed by atoms with E-state index in [-0.39, 0.29) is 6.42 Å². The minimum absolute atomic E-state index is 0.0484. The van der Waals surface area contributed by atoms with Crippen LogP contribution >= 0.6 is 32.1 Å². The summed E-state index contributed by atoms with van der Waals surface area (Å²) in [5, 5.41) is 11.2. The number of halogens is 1. The molecule has 1 aromatic heterocycles. The van der Waals surface area contributed by atoms with Gasteiger partial charge in [0.05, 0.1) is 0 Å². The Kier molecular flexibility index (Phi) is 6.16. The number of carboxylic acid groups (broad SMARTS) is 1. The fourth-order valence-corrected chi connectivity index (χ4v) is 13.6. The van der Waals surface area contributed by atoms with Crippen LogP contribution in [0.2, 0.25) is 0 Å². The van der Waals surface area contributed by atoms with Crippen LogP contribution in [0.25, 0.3) is 10.1 Å². The van der Waals surface area contributed by atoms with Crippen LogP contribution in [0.3, 0.4) is 0 Å². The van der Waals surface area contributed by atoms with Gasteiger partial charge in [-0.25, -0.2) is 0 Å². The molecule has 0 saturated heterocycles. The third-order valence-corrected chi connectivity index (χ3v) is 17.0.